The van der Waals surface area contributed by atoms with Gasteiger partial charge in [-0.15, -0.1) is 0 Å². The molecular weight excluding hydrogens is 833 g/mol. The molecule has 0 amide bonds. The first-order chi connectivity index (χ1) is 23.9. The number of aliphatic hydroxyl groups is 1. The highest BCUT2D eigenvalue weighted by atomic mass is 28.5. The predicted molar refractivity (Wildman–Crippen MR) is 252 cm³/mol. The number of aliphatic hydroxyl groups excluding tert-OH is 1. The second kappa shape index (κ2) is 22.4. The molecule has 0 heterocycles. The zero-order valence-corrected chi connectivity index (χ0v) is 48.3. The van der Waals surface area contributed by atoms with Gasteiger partial charge in [0.25, 0.3) is 0 Å². The minimum absolute atomic E-state index is 0.0709. The van der Waals surface area contributed by atoms with E-state index in [0.717, 1.165) is 37.4 Å². The first kappa shape index (κ1) is 55.6. The van der Waals surface area contributed by atoms with Crippen LogP contribution in [-0.4, -0.2) is 127 Å². The lowest BCUT2D eigenvalue weighted by Crippen LogP contribution is -2.51. The van der Waals surface area contributed by atoms with Crippen molar-refractivity contribution < 1.29 is 44.0 Å². The molecule has 0 aromatic heterocycles. The molecule has 0 aliphatic rings. The van der Waals surface area contributed by atoms with E-state index in [0.29, 0.717) is 39.6 Å². The van der Waals surface area contributed by atoms with E-state index >= 15 is 0 Å². The van der Waals surface area contributed by atoms with Crippen molar-refractivity contribution in [2.75, 3.05) is 46.2 Å². The highest BCUT2D eigenvalue weighted by molar-refractivity contribution is 6.89. The summed E-state index contributed by atoms with van der Waals surface area (Å²) in [5.41, 5.74) is -0.642. The van der Waals surface area contributed by atoms with Crippen molar-refractivity contribution in [2.45, 2.75) is 175 Å². The zero-order valence-electron chi connectivity index (χ0n) is 39.3. The van der Waals surface area contributed by atoms with E-state index in [4.69, 9.17) is 38.9 Å². The highest BCUT2D eigenvalue weighted by Gasteiger charge is 2.40. The Morgan fingerprint density at radius 2 is 0.574 bits per heavy atom. The van der Waals surface area contributed by atoms with Crippen molar-refractivity contribution >= 4 is 75.6 Å². The lowest BCUT2D eigenvalue weighted by atomic mass is 9.92. The van der Waals surface area contributed by atoms with Gasteiger partial charge >= 0.3 is 25.7 Å². The fourth-order valence-electron chi connectivity index (χ4n) is 7.35. The van der Waals surface area contributed by atoms with Gasteiger partial charge in [-0.25, -0.2) is 0 Å². The third-order valence-electron chi connectivity index (χ3n) is 7.98. The molecule has 0 atom stereocenters. The Kier molecular flexibility index (Phi) is 23.1. The minimum atomic E-state index is -2.19. The second-order valence-electron chi connectivity index (χ2n) is 21.6. The van der Waals surface area contributed by atoms with E-state index in [1.807, 2.05) is 0 Å². The molecule has 0 aromatic rings. The van der Waals surface area contributed by atoms with Gasteiger partial charge in [0.05, 0.1) is 31.8 Å². The van der Waals surface area contributed by atoms with Crippen LogP contribution in [0.2, 0.25) is 156 Å². The molecule has 0 radical (unpaired) electrons. The Morgan fingerprint density at radius 3 is 0.759 bits per heavy atom. The maximum absolute atomic E-state index is 10.8. The highest BCUT2D eigenvalue weighted by Crippen LogP contribution is 2.28. The summed E-state index contributed by atoms with van der Waals surface area (Å²) in [5.74, 6) is 0. The van der Waals surface area contributed by atoms with Crippen molar-refractivity contribution in [2.24, 2.45) is 5.41 Å². The molecule has 0 rings (SSSR count). The second-order valence-corrected chi connectivity index (χ2v) is 59.6. The summed E-state index contributed by atoms with van der Waals surface area (Å²) in [6.07, 6.45) is 2.71. The monoisotopic (exact) mass is 922 g/mol. The fourth-order valence-corrected chi connectivity index (χ4v) is 46.9. The van der Waals surface area contributed by atoms with Crippen LogP contribution in [0.3, 0.4) is 0 Å². The molecule has 0 aliphatic heterocycles. The van der Waals surface area contributed by atoms with Crippen LogP contribution in [0.25, 0.3) is 0 Å². The summed E-state index contributed by atoms with van der Waals surface area (Å²) in [6.45, 7) is 49.6. The molecular formula is C35H90O10Si9. The van der Waals surface area contributed by atoms with Crippen LogP contribution in [0.1, 0.15) is 19.3 Å². The van der Waals surface area contributed by atoms with E-state index in [1.165, 1.54) is 0 Å². The van der Waals surface area contributed by atoms with Gasteiger partial charge in [0, 0.05) is 19.8 Å². The molecule has 19 heteroatoms. The van der Waals surface area contributed by atoms with E-state index in [-0.39, 0.29) is 6.61 Å². The number of hydrogen-bond donors (Lipinski definition) is 1. The van der Waals surface area contributed by atoms with Crippen molar-refractivity contribution in [1.82, 2.24) is 0 Å². The molecule has 0 saturated heterocycles. The van der Waals surface area contributed by atoms with E-state index < -0.39 is 81.0 Å². The summed E-state index contributed by atoms with van der Waals surface area (Å²) < 4.78 is 58.4. The van der Waals surface area contributed by atoms with Crippen molar-refractivity contribution in [3.63, 3.8) is 0 Å². The normalized spacial score (nSPS) is 15.0. The van der Waals surface area contributed by atoms with Crippen LogP contribution in [0.15, 0.2) is 0 Å². The lowest BCUT2D eigenvalue weighted by Gasteiger charge is -2.37. The van der Waals surface area contributed by atoms with Gasteiger partial charge in [-0.05, 0) is 175 Å². The number of rotatable bonds is 31. The van der Waals surface area contributed by atoms with Crippen molar-refractivity contribution in [3.05, 3.63) is 0 Å². The third kappa shape index (κ3) is 29.7. The molecule has 0 aromatic carbocycles. The molecule has 0 aliphatic carbocycles. The van der Waals surface area contributed by atoms with Crippen LogP contribution in [0.4, 0.5) is 0 Å². The van der Waals surface area contributed by atoms with Gasteiger partial charge in [0.15, 0.2) is 49.9 Å². The van der Waals surface area contributed by atoms with Crippen LogP contribution in [-0.2, 0) is 38.9 Å². The Labute approximate surface area is 344 Å². The van der Waals surface area contributed by atoms with E-state index in [2.05, 4.69) is 137 Å². The summed E-state index contributed by atoms with van der Waals surface area (Å²) in [4.78, 5) is 0. The first-order valence-electron chi connectivity index (χ1n) is 20.5. The summed E-state index contributed by atoms with van der Waals surface area (Å²) in [5, 5.41) is 10.8. The molecule has 10 nitrogen and oxygen atoms in total. The maximum atomic E-state index is 10.8. The van der Waals surface area contributed by atoms with E-state index in [9.17, 15) is 5.11 Å². The summed E-state index contributed by atoms with van der Waals surface area (Å²) >= 11 is 0. The predicted octanol–water partition coefficient (Wildman–Crippen LogP) is 10.5. The van der Waals surface area contributed by atoms with Gasteiger partial charge in [-0.1, -0.05) is 0 Å². The van der Waals surface area contributed by atoms with E-state index in [1.54, 1.807) is 0 Å². The fraction of sp³-hybridized carbons (Fsp3) is 1.00. The number of hydrogen-bond acceptors (Lipinski definition) is 10. The Balaban J connectivity index is 5.36. The largest absolute Gasteiger partial charge is 0.437 e. The van der Waals surface area contributed by atoms with Crippen molar-refractivity contribution in [1.29, 1.82) is 0 Å². The average Bonchev–Trinajstić information content (AvgIpc) is 2.85. The summed E-state index contributed by atoms with van der Waals surface area (Å²) in [6, 6.07) is 2.98. The van der Waals surface area contributed by atoms with Gasteiger partial charge in [0.2, 0.25) is 0 Å². The molecule has 326 valence electrons. The van der Waals surface area contributed by atoms with Gasteiger partial charge < -0.3 is 44.0 Å². The molecule has 0 bridgehead atoms. The van der Waals surface area contributed by atoms with Crippen LogP contribution in [0, 0.1) is 5.41 Å². The summed E-state index contributed by atoms with van der Waals surface area (Å²) in [7, 11) is -17.4. The van der Waals surface area contributed by atoms with Crippen molar-refractivity contribution in [3.8, 4) is 0 Å². The number of ether oxygens (including phenoxy) is 3. The molecule has 1 N–H and O–H groups in total. The quantitative estimate of drug-likeness (QED) is 0.0534. The van der Waals surface area contributed by atoms with Crippen LogP contribution >= 0.6 is 0 Å². The SMILES string of the molecule is C[Si](C)(C)O[Si](C)(C)O[Si](C)(C)CCCOCC(CO)(COCCC[Si](C)(C)O[Si](C)(C)O[Si](C)(C)C)COCCC[Si](C)(C)O[Si](C)(C)O[Si](C)(C)C. The minimum Gasteiger partial charge on any atom is -0.437 e. The maximum Gasteiger partial charge on any atom is 0.311 e. The molecule has 0 fully saturated rings. The Hall–Kier alpha value is 1.55. The Morgan fingerprint density at radius 1 is 0.352 bits per heavy atom. The zero-order chi connectivity index (χ0) is 42.6. The van der Waals surface area contributed by atoms with Gasteiger partial charge in [-0.3, -0.25) is 0 Å². The van der Waals surface area contributed by atoms with Crippen LogP contribution < -0.4 is 0 Å². The van der Waals surface area contributed by atoms with Gasteiger partial charge in [-0.2, -0.15) is 0 Å². The average molecular weight is 924 g/mol. The van der Waals surface area contributed by atoms with Gasteiger partial charge in [0.1, 0.15) is 0 Å². The lowest BCUT2D eigenvalue weighted by molar-refractivity contribution is -0.0926. The Bertz CT molecular complexity index is 931. The molecule has 0 saturated carbocycles. The third-order valence-corrected chi connectivity index (χ3v) is 38.4. The molecule has 0 spiro atoms. The molecule has 0 unspecified atom stereocenters. The topological polar surface area (TPSA) is 103 Å². The molecule has 54 heavy (non-hydrogen) atoms. The first-order valence-corrected chi connectivity index (χ1v) is 48.5. The standard InChI is InChI=1S/C35H90O10Si9/c1-46(2,3)40-52(16,17)43-49(10,11)28-22-25-37-32-35(31-36,33-38-26-23-29-50(12,13)44-53(18,19)41-47(4,5)6)34-39-27-24-30-51(14,15)45-54(20,21)42-48(7,8)9/h36H,22-34H2,1-21H3. The smallest absolute Gasteiger partial charge is 0.311 e. The van der Waals surface area contributed by atoms with Crippen LogP contribution in [0.5, 0.6) is 0 Å².